The van der Waals surface area contributed by atoms with Gasteiger partial charge in [-0.15, -0.1) is 10.2 Å². The Balaban J connectivity index is 1.71. The van der Waals surface area contributed by atoms with Crippen LogP contribution in [-0.4, -0.2) is 22.3 Å². The fourth-order valence-corrected chi connectivity index (χ4v) is 2.72. The van der Waals surface area contributed by atoms with Crippen molar-refractivity contribution in [3.05, 3.63) is 29.3 Å². The highest BCUT2D eigenvalue weighted by molar-refractivity contribution is 7.14. The predicted molar refractivity (Wildman–Crippen MR) is 81.0 cm³/mol. The number of hydrogen-bond donors (Lipinski definition) is 1. The number of benzene rings is 1. The Labute approximate surface area is 123 Å². The molecule has 0 spiro atoms. The lowest BCUT2D eigenvalue weighted by Crippen LogP contribution is -2.14. The van der Waals surface area contributed by atoms with Crippen LogP contribution in [0.4, 0.5) is 0 Å². The maximum absolute atomic E-state index is 5.71. The molecular weight excluding hydrogens is 270 g/mol. The highest BCUT2D eigenvalue weighted by atomic mass is 32.1. The van der Waals surface area contributed by atoms with Gasteiger partial charge in [0, 0.05) is 18.2 Å². The minimum atomic E-state index is 0.179. The Morgan fingerprint density at radius 1 is 1.35 bits per heavy atom. The fourth-order valence-electron chi connectivity index (χ4n) is 1.94. The molecule has 1 N–H and O–H groups in total. The third kappa shape index (κ3) is 3.55. The van der Waals surface area contributed by atoms with Gasteiger partial charge in [-0.2, -0.15) is 0 Å². The molecule has 1 saturated carbocycles. The second-order valence-electron chi connectivity index (χ2n) is 5.35. The van der Waals surface area contributed by atoms with Crippen LogP contribution in [0, 0.1) is 0 Å². The summed E-state index contributed by atoms with van der Waals surface area (Å²) in [5, 5.41) is 14.0. The number of nitrogens with one attached hydrogen (secondary N) is 1. The molecule has 20 heavy (non-hydrogen) atoms. The second-order valence-corrected chi connectivity index (χ2v) is 6.41. The van der Waals surface area contributed by atoms with Crippen molar-refractivity contribution in [2.24, 2.45) is 0 Å². The molecule has 0 bridgehead atoms. The lowest BCUT2D eigenvalue weighted by atomic mass is 10.2. The highest BCUT2D eigenvalue weighted by Crippen LogP contribution is 2.27. The van der Waals surface area contributed by atoms with E-state index in [4.69, 9.17) is 4.74 Å². The van der Waals surface area contributed by atoms with Crippen LogP contribution in [0.1, 0.15) is 31.7 Å². The molecule has 4 nitrogen and oxygen atoms in total. The molecule has 0 atom stereocenters. The van der Waals surface area contributed by atoms with Gasteiger partial charge >= 0.3 is 0 Å². The topological polar surface area (TPSA) is 47.0 Å². The summed E-state index contributed by atoms with van der Waals surface area (Å²) >= 11 is 1.64. The second kappa shape index (κ2) is 5.89. The highest BCUT2D eigenvalue weighted by Gasteiger charge is 2.20. The van der Waals surface area contributed by atoms with Gasteiger partial charge in [0.1, 0.15) is 15.8 Å². The summed E-state index contributed by atoms with van der Waals surface area (Å²) in [5.41, 5.74) is 1.07. The molecule has 1 fully saturated rings. The van der Waals surface area contributed by atoms with Crippen molar-refractivity contribution in [2.75, 3.05) is 0 Å². The van der Waals surface area contributed by atoms with Crippen LogP contribution >= 0.6 is 11.3 Å². The Hall–Kier alpha value is -1.46. The summed E-state index contributed by atoms with van der Waals surface area (Å²) in [6.07, 6.45) is 2.76. The first-order valence-corrected chi connectivity index (χ1v) is 7.85. The Bertz CT molecular complexity index is 578. The standard InChI is InChI=1S/C15H19N3OS/c1-10(2)19-13-5-3-4-11(8-13)15-18-17-14(20-15)9-16-12-6-7-12/h3-5,8,10,12,16H,6-7,9H2,1-2H3. The van der Waals surface area contributed by atoms with E-state index in [0.717, 1.165) is 27.9 Å². The van der Waals surface area contributed by atoms with Crippen molar-refractivity contribution in [1.82, 2.24) is 15.5 Å². The van der Waals surface area contributed by atoms with Gasteiger partial charge in [-0.05, 0) is 38.8 Å². The van der Waals surface area contributed by atoms with Crippen molar-refractivity contribution in [3.8, 4) is 16.3 Å². The summed E-state index contributed by atoms with van der Waals surface area (Å²) in [6, 6.07) is 8.74. The first-order chi connectivity index (χ1) is 9.70. The van der Waals surface area contributed by atoms with Crippen LogP contribution in [-0.2, 0) is 6.54 Å². The third-order valence-corrected chi connectivity index (χ3v) is 4.01. The lowest BCUT2D eigenvalue weighted by molar-refractivity contribution is 0.242. The van der Waals surface area contributed by atoms with Gasteiger partial charge in [0.2, 0.25) is 0 Å². The number of ether oxygens (including phenoxy) is 1. The molecule has 0 saturated heterocycles. The van der Waals surface area contributed by atoms with Crippen LogP contribution in [0.15, 0.2) is 24.3 Å². The first-order valence-electron chi connectivity index (χ1n) is 7.03. The fraction of sp³-hybridized carbons (Fsp3) is 0.467. The maximum Gasteiger partial charge on any atom is 0.147 e. The molecule has 1 aromatic carbocycles. The number of aromatic nitrogens is 2. The van der Waals surface area contributed by atoms with Gasteiger partial charge in [0.05, 0.1) is 6.10 Å². The van der Waals surface area contributed by atoms with E-state index < -0.39 is 0 Å². The molecule has 1 aliphatic rings. The first kappa shape index (κ1) is 13.5. The van der Waals surface area contributed by atoms with Crippen LogP contribution in [0.5, 0.6) is 5.75 Å². The molecule has 3 rings (SSSR count). The number of nitrogens with zero attached hydrogens (tertiary/aromatic N) is 2. The zero-order valence-corrected chi connectivity index (χ0v) is 12.6. The van der Waals surface area contributed by atoms with E-state index in [0.29, 0.717) is 6.04 Å². The van der Waals surface area contributed by atoms with Gasteiger partial charge in [-0.25, -0.2) is 0 Å². The van der Waals surface area contributed by atoms with E-state index in [-0.39, 0.29) is 6.10 Å². The van der Waals surface area contributed by atoms with Crippen molar-refractivity contribution in [3.63, 3.8) is 0 Å². The van der Waals surface area contributed by atoms with Crippen molar-refractivity contribution in [2.45, 2.75) is 45.4 Å². The van der Waals surface area contributed by atoms with Gasteiger partial charge in [0.15, 0.2) is 0 Å². The van der Waals surface area contributed by atoms with Crippen LogP contribution in [0.25, 0.3) is 10.6 Å². The average molecular weight is 289 g/mol. The Morgan fingerprint density at radius 3 is 2.95 bits per heavy atom. The molecule has 0 amide bonds. The summed E-state index contributed by atoms with van der Waals surface area (Å²) in [7, 11) is 0. The molecule has 106 valence electrons. The van der Waals surface area contributed by atoms with E-state index in [2.05, 4.69) is 15.5 Å². The number of hydrogen-bond acceptors (Lipinski definition) is 5. The van der Waals surface area contributed by atoms with E-state index in [9.17, 15) is 0 Å². The van der Waals surface area contributed by atoms with Crippen LogP contribution in [0.3, 0.4) is 0 Å². The number of rotatable bonds is 6. The minimum Gasteiger partial charge on any atom is -0.491 e. The molecule has 0 radical (unpaired) electrons. The van der Waals surface area contributed by atoms with Crippen molar-refractivity contribution < 1.29 is 4.74 Å². The van der Waals surface area contributed by atoms with Crippen LogP contribution in [0.2, 0.25) is 0 Å². The Kier molecular flexibility index (Phi) is 3.98. The molecule has 2 aromatic rings. The van der Waals surface area contributed by atoms with E-state index in [1.54, 1.807) is 11.3 Å². The summed E-state index contributed by atoms with van der Waals surface area (Å²) in [6.45, 7) is 4.88. The molecule has 1 heterocycles. The van der Waals surface area contributed by atoms with E-state index in [1.807, 2.05) is 38.1 Å². The zero-order valence-electron chi connectivity index (χ0n) is 11.8. The van der Waals surface area contributed by atoms with Crippen molar-refractivity contribution in [1.29, 1.82) is 0 Å². The predicted octanol–water partition coefficient (Wildman–Crippen LogP) is 3.24. The smallest absolute Gasteiger partial charge is 0.147 e. The van der Waals surface area contributed by atoms with Gasteiger partial charge in [-0.1, -0.05) is 23.5 Å². The monoisotopic (exact) mass is 289 g/mol. The van der Waals surface area contributed by atoms with E-state index >= 15 is 0 Å². The molecule has 0 unspecified atom stereocenters. The van der Waals surface area contributed by atoms with E-state index in [1.165, 1.54) is 12.8 Å². The summed E-state index contributed by atoms with van der Waals surface area (Å²) < 4.78 is 5.71. The Morgan fingerprint density at radius 2 is 2.20 bits per heavy atom. The molecule has 5 heteroatoms. The van der Waals surface area contributed by atoms with Crippen molar-refractivity contribution >= 4 is 11.3 Å². The quantitative estimate of drug-likeness (QED) is 0.887. The van der Waals surface area contributed by atoms with Crippen LogP contribution < -0.4 is 10.1 Å². The average Bonchev–Trinajstić information content (AvgIpc) is 3.13. The van der Waals surface area contributed by atoms with Gasteiger partial charge < -0.3 is 10.1 Å². The van der Waals surface area contributed by atoms with Gasteiger partial charge in [-0.3, -0.25) is 0 Å². The molecule has 1 aromatic heterocycles. The SMILES string of the molecule is CC(C)Oc1cccc(-c2nnc(CNC3CC3)s2)c1. The molecular formula is C15H19N3OS. The maximum atomic E-state index is 5.71. The zero-order chi connectivity index (χ0) is 13.9. The summed E-state index contributed by atoms with van der Waals surface area (Å²) in [4.78, 5) is 0. The molecule has 0 aliphatic heterocycles. The normalized spacial score (nSPS) is 14.8. The minimum absolute atomic E-state index is 0.179. The summed E-state index contributed by atoms with van der Waals surface area (Å²) in [5.74, 6) is 0.880. The lowest BCUT2D eigenvalue weighted by Gasteiger charge is -2.09. The third-order valence-electron chi connectivity index (χ3n) is 3.04. The largest absolute Gasteiger partial charge is 0.491 e. The molecule has 1 aliphatic carbocycles. The van der Waals surface area contributed by atoms with Gasteiger partial charge in [0.25, 0.3) is 0 Å².